The minimum absolute atomic E-state index is 0.179. The van der Waals surface area contributed by atoms with Gasteiger partial charge in [-0.3, -0.25) is 0 Å². The summed E-state index contributed by atoms with van der Waals surface area (Å²) in [5.41, 5.74) is -1.27. The van der Waals surface area contributed by atoms with Gasteiger partial charge in [0.15, 0.2) is 11.4 Å². The van der Waals surface area contributed by atoms with Gasteiger partial charge in [0.2, 0.25) is 0 Å². The molecular weight excluding hydrogens is 393 g/mol. The second-order valence-electron chi connectivity index (χ2n) is 5.53. The van der Waals surface area contributed by atoms with Crippen molar-refractivity contribution in [1.82, 2.24) is 0 Å². The Labute approximate surface area is 164 Å². The number of alkyl halides is 3. The van der Waals surface area contributed by atoms with Crippen LogP contribution in [-0.2, 0) is 25.8 Å². The van der Waals surface area contributed by atoms with Crippen LogP contribution in [0, 0.1) is 0 Å². The van der Waals surface area contributed by atoms with Gasteiger partial charge in [0.1, 0.15) is 19.5 Å². The van der Waals surface area contributed by atoms with Gasteiger partial charge in [-0.2, -0.15) is 13.2 Å². The van der Waals surface area contributed by atoms with Crippen LogP contribution in [0.1, 0.15) is 16.7 Å². The Hall–Kier alpha value is -3.56. The maximum atomic E-state index is 13.3. The van der Waals surface area contributed by atoms with Crippen LogP contribution in [0.15, 0.2) is 58.8 Å². The fourth-order valence-corrected chi connectivity index (χ4v) is 2.35. The van der Waals surface area contributed by atoms with Gasteiger partial charge in [0, 0.05) is 16.7 Å². The Morgan fingerprint density at radius 1 is 1.07 bits per heavy atom. The number of phenolic OH excluding ortho intramolecular Hbond substituents is 1. The van der Waals surface area contributed by atoms with Crippen LogP contribution in [0.2, 0.25) is 0 Å². The standard InChI is InChI=1S/C19H17F3N2O5/c1-27-18(26)16(23-28-2)15-9-4-3-6-13(15)11-29-24-17(19(20,21)22)12-7-5-8-14(25)10-12/h3-10,25H,11H2,1-2H3/b23-16+,24-17-. The van der Waals surface area contributed by atoms with Crippen molar-refractivity contribution in [1.29, 1.82) is 0 Å². The highest BCUT2D eigenvalue weighted by molar-refractivity contribution is 6.43. The van der Waals surface area contributed by atoms with Gasteiger partial charge in [-0.1, -0.05) is 46.7 Å². The summed E-state index contributed by atoms with van der Waals surface area (Å²) in [6, 6.07) is 10.8. The van der Waals surface area contributed by atoms with E-state index in [2.05, 4.69) is 19.9 Å². The van der Waals surface area contributed by atoms with Crippen LogP contribution in [-0.4, -0.2) is 42.9 Å². The molecule has 0 unspecified atom stereocenters. The Balaban J connectivity index is 2.33. The number of hydrogen-bond acceptors (Lipinski definition) is 7. The molecule has 0 amide bonds. The number of hydrogen-bond donors (Lipinski definition) is 1. The highest BCUT2D eigenvalue weighted by atomic mass is 19.4. The van der Waals surface area contributed by atoms with Crippen molar-refractivity contribution < 1.29 is 37.5 Å². The van der Waals surface area contributed by atoms with Crippen LogP contribution >= 0.6 is 0 Å². The average Bonchev–Trinajstić information content (AvgIpc) is 2.68. The molecule has 0 atom stereocenters. The zero-order chi connectivity index (χ0) is 21.4. The van der Waals surface area contributed by atoms with Crippen molar-refractivity contribution in [2.75, 3.05) is 14.2 Å². The summed E-state index contributed by atoms with van der Waals surface area (Å²) in [6.07, 6.45) is -4.82. The van der Waals surface area contributed by atoms with E-state index >= 15 is 0 Å². The molecule has 29 heavy (non-hydrogen) atoms. The molecule has 0 saturated carbocycles. The lowest BCUT2D eigenvalue weighted by molar-refractivity contribution is -0.132. The molecule has 2 rings (SSSR count). The third-order valence-corrected chi connectivity index (χ3v) is 3.60. The molecule has 7 nitrogen and oxygen atoms in total. The molecule has 10 heteroatoms. The number of methoxy groups -OCH3 is 1. The molecule has 0 bridgehead atoms. The summed E-state index contributed by atoms with van der Waals surface area (Å²) >= 11 is 0. The van der Waals surface area contributed by atoms with Crippen LogP contribution in [0.25, 0.3) is 0 Å². The van der Waals surface area contributed by atoms with E-state index in [0.29, 0.717) is 5.56 Å². The first kappa shape index (κ1) is 21.7. The minimum Gasteiger partial charge on any atom is -0.508 e. The van der Waals surface area contributed by atoms with Gasteiger partial charge >= 0.3 is 12.1 Å². The fraction of sp³-hybridized carbons (Fsp3) is 0.211. The summed E-state index contributed by atoms with van der Waals surface area (Å²) in [5, 5.41) is 16.2. The van der Waals surface area contributed by atoms with Crippen LogP contribution in [0.5, 0.6) is 5.75 Å². The number of carbonyl (C=O) groups excluding carboxylic acids is 1. The smallest absolute Gasteiger partial charge is 0.437 e. The van der Waals surface area contributed by atoms with E-state index in [9.17, 15) is 23.1 Å². The Morgan fingerprint density at radius 2 is 1.79 bits per heavy atom. The van der Waals surface area contributed by atoms with E-state index in [1.807, 2.05) is 0 Å². The summed E-state index contributed by atoms with van der Waals surface area (Å²) in [7, 11) is 2.39. The number of rotatable bonds is 7. The predicted molar refractivity (Wildman–Crippen MR) is 97.5 cm³/mol. The molecule has 2 aromatic carbocycles. The molecule has 0 spiro atoms. The molecule has 0 fully saturated rings. The number of benzene rings is 2. The van der Waals surface area contributed by atoms with Crippen LogP contribution in [0.3, 0.4) is 0 Å². The van der Waals surface area contributed by atoms with E-state index in [-0.39, 0.29) is 22.6 Å². The minimum atomic E-state index is -4.82. The molecule has 1 N–H and O–H groups in total. The largest absolute Gasteiger partial charge is 0.508 e. The molecule has 0 aliphatic rings. The predicted octanol–water partition coefficient (Wildman–Crippen LogP) is 3.40. The third kappa shape index (κ3) is 5.71. The number of esters is 1. The fourth-order valence-electron chi connectivity index (χ4n) is 2.35. The third-order valence-electron chi connectivity index (χ3n) is 3.60. The van der Waals surface area contributed by atoms with E-state index in [1.165, 1.54) is 31.4 Å². The van der Waals surface area contributed by atoms with Crippen LogP contribution < -0.4 is 0 Å². The SMILES string of the molecule is CO/N=C(/C(=O)OC)c1ccccc1CO/N=C(/c1cccc(O)c1)C(F)(F)F. The van der Waals surface area contributed by atoms with Crippen molar-refractivity contribution in [3.8, 4) is 5.75 Å². The Kier molecular flexibility index (Phi) is 7.18. The van der Waals surface area contributed by atoms with E-state index in [4.69, 9.17) is 4.84 Å². The van der Waals surface area contributed by atoms with Gasteiger partial charge in [-0.15, -0.1) is 0 Å². The summed E-state index contributed by atoms with van der Waals surface area (Å²) in [5.74, 6) is -1.14. The van der Waals surface area contributed by atoms with Gasteiger partial charge in [-0.05, 0) is 12.1 Å². The molecular formula is C19H17F3N2O5. The summed E-state index contributed by atoms with van der Waals surface area (Å²) in [6.45, 7) is -0.395. The number of oxime groups is 2. The van der Waals surface area contributed by atoms with Crippen molar-refractivity contribution in [3.05, 3.63) is 65.2 Å². The Bertz CT molecular complexity index is 926. The highest BCUT2D eigenvalue weighted by Crippen LogP contribution is 2.25. The molecule has 2 aromatic rings. The lowest BCUT2D eigenvalue weighted by Crippen LogP contribution is -2.24. The first-order valence-electron chi connectivity index (χ1n) is 8.12. The molecule has 0 saturated heterocycles. The van der Waals surface area contributed by atoms with Crippen molar-refractivity contribution in [2.24, 2.45) is 10.3 Å². The quantitative estimate of drug-likeness (QED) is 0.429. The van der Waals surface area contributed by atoms with Gasteiger partial charge in [0.25, 0.3) is 0 Å². The van der Waals surface area contributed by atoms with Crippen LogP contribution in [0.4, 0.5) is 13.2 Å². The average molecular weight is 410 g/mol. The number of nitrogens with zero attached hydrogens (tertiary/aromatic N) is 2. The number of carbonyl (C=O) groups is 1. The topological polar surface area (TPSA) is 89.7 Å². The number of phenols is 1. The van der Waals surface area contributed by atoms with Crippen molar-refractivity contribution >= 4 is 17.4 Å². The van der Waals surface area contributed by atoms with Crippen molar-refractivity contribution in [2.45, 2.75) is 12.8 Å². The van der Waals surface area contributed by atoms with E-state index in [0.717, 1.165) is 19.2 Å². The van der Waals surface area contributed by atoms with Gasteiger partial charge in [-0.25, -0.2) is 4.79 Å². The second kappa shape index (κ2) is 9.58. The number of halogens is 3. The van der Waals surface area contributed by atoms with E-state index in [1.54, 1.807) is 12.1 Å². The zero-order valence-corrected chi connectivity index (χ0v) is 15.4. The lowest BCUT2D eigenvalue weighted by Gasteiger charge is -2.12. The molecule has 0 radical (unpaired) electrons. The molecule has 0 aromatic heterocycles. The second-order valence-corrected chi connectivity index (χ2v) is 5.53. The lowest BCUT2D eigenvalue weighted by atomic mass is 10.0. The molecule has 0 aliphatic carbocycles. The summed E-state index contributed by atoms with van der Waals surface area (Å²) in [4.78, 5) is 21.5. The first-order valence-corrected chi connectivity index (χ1v) is 8.12. The molecule has 0 heterocycles. The van der Waals surface area contributed by atoms with Gasteiger partial charge in [0.05, 0.1) is 7.11 Å². The molecule has 0 aliphatic heterocycles. The monoisotopic (exact) mass is 410 g/mol. The van der Waals surface area contributed by atoms with Gasteiger partial charge < -0.3 is 19.5 Å². The first-order chi connectivity index (χ1) is 13.8. The Morgan fingerprint density at radius 3 is 2.41 bits per heavy atom. The summed E-state index contributed by atoms with van der Waals surface area (Å²) < 4.78 is 44.6. The normalized spacial score (nSPS) is 12.4. The number of aromatic hydroxyl groups is 1. The maximum Gasteiger partial charge on any atom is 0.437 e. The highest BCUT2D eigenvalue weighted by Gasteiger charge is 2.38. The maximum absolute atomic E-state index is 13.3. The molecule has 154 valence electrons. The van der Waals surface area contributed by atoms with E-state index < -0.39 is 24.5 Å². The van der Waals surface area contributed by atoms with Crippen molar-refractivity contribution in [3.63, 3.8) is 0 Å². The number of ether oxygens (including phenoxy) is 1. The zero-order valence-electron chi connectivity index (χ0n) is 15.4.